The molecule has 3 amide bonds. The number of carbonyl (C=O) groups excluding carboxylic acids is 2. The average Bonchev–Trinajstić information content (AvgIpc) is 2.44. The lowest BCUT2D eigenvalue weighted by molar-refractivity contribution is 0.0954. The highest BCUT2D eigenvalue weighted by molar-refractivity contribution is 5.94. The molecular formula is C15H23N3O2. The number of rotatable bonds is 6. The van der Waals surface area contributed by atoms with Crippen LogP contribution in [0.1, 0.15) is 31.1 Å². The quantitative estimate of drug-likeness (QED) is 0.693. The van der Waals surface area contributed by atoms with E-state index in [4.69, 9.17) is 0 Å². The maximum Gasteiger partial charge on any atom is 0.315 e. The van der Waals surface area contributed by atoms with E-state index in [1.54, 1.807) is 12.1 Å². The van der Waals surface area contributed by atoms with Crippen LogP contribution in [0.15, 0.2) is 30.3 Å². The van der Waals surface area contributed by atoms with Crippen LogP contribution in [0.25, 0.3) is 0 Å². The normalized spacial score (nSPS) is 11.8. The lowest BCUT2D eigenvalue weighted by Gasteiger charge is -2.17. The number of amides is 3. The summed E-state index contributed by atoms with van der Waals surface area (Å²) in [6, 6.07) is 8.90. The van der Waals surface area contributed by atoms with Crippen molar-refractivity contribution in [3.63, 3.8) is 0 Å². The zero-order valence-corrected chi connectivity index (χ0v) is 12.3. The van der Waals surface area contributed by atoms with Crippen molar-refractivity contribution in [1.82, 2.24) is 16.0 Å². The summed E-state index contributed by atoms with van der Waals surface area (Å²) in [5.41, 5.74) is 0.616. The van der Waals surface area contributed by atoms with Crippen molar-refractivity contribution in [3.05, 3.63) is 35.9 Å². The van der Waals surface area contributed by atoms with Gasteiger partial charge in [0.15, 0.2) is 0 Å². The molecule has 0 fully saturated rings. The summed E-state index contributed by atoms with van der Waals surface area (Å²) in [6.07, 6.45) is 0. The van der Waals surface area contributed by atoms with Gasteiger partial charge < -0.3 is 16.0 Å². The van der Waals surface area contributed by atoms with Crippen LogP contribution in [0, 0.1) is 5.92 Å². The molecule has 0 radical (unpaired) electrons. The number of carbonyl (C=O) groups is 2. The zero-order chi connectivity index (χ0) is 15.0. The highest BCUT2D eigenvalue weighted by atomic mass is 16.2. The Kier molecular flexibility index (Phi) is 6.56. The van der Waals surface area contributed by atoms with Crippen molar-refractivity contribution >= 4 is 11.9 Å². The van der Waals surface area contributed by atoms with E-state index >= 15 is 0 Å². The molecule has 0 saturated heterocycles. The molecule has 0 heterocycles. The molecule has 1 aromatic carbocycles. The average molecular weight is 277 g/mol. The fraction of sp³-hybridized carbons (Fsp3) is 0.467. The van der Waals surface area contributed by atoms with Gasteiger partial charge >= 0.3 is 6.03 Å². The number of hydrogen-bond acceptors (Lipinski definition) is 2. The van der Waals surface area contributed by atoms with E-state index < -0.39 is 0 Å². The van der Waals surface area contributed by atoms with Gasteiger partial charge in [-0.05, 0) is 25.0 Å². The van der Waals surface area contributed by atoms with Gasteiger partial charge in [-0.25, -0.2) is 4.79 Å². The molecule has 3 N–H and O–H groups in total. The zero-order valence-electron chi connectivity index (χ0n) is 12.3. The van der Waals surface area contributed by atoms with Crippen LogP contribution < -0.4 is 16.0 Å². The molecule has 20 heavy (non-hydrogen) atoms. The standard InChI is InChI=1S/C15H23N3O2/c1-11(2)12(3)18-15(20)17-10-9-16-14(19)13-7-5-4-6-8-13/h4-8,11-12H,9-10H2,1-3H3,(H,16,19)(H2,17,18,20). The van der Waals surface area contributed by atoms with E-state index in [0.29, 0.717) is 24.6 Å². The smallest absolute Gasteiger partial charge is 0.315 e. The lowest BCUT2D eigenvalue weighted by Crippen LogP contribution is -2.45. The summed E-state index contributed by atoms with van der Waals surface area (Å²) in [6.45, 7) is 6.85. The third kappa shape index (κ3) is 5.73. The summed E-state index contributed by atoms with van der Waals surface area (Å²) in [5.74, 6) is 0.252. The van der Waals surface area contributed by atoms with Gasteiger partial charge in [-0.2, -0.15) is 0 Å². The molecule has 0 saturated carbocycles. The monoisotopic (exact) mass is 277 g/mol. The minimum Gasteiger partial charge on any atom is -0.350 e. The van der Waals surface area contributed by atoms with Gasteiger partial charge in [-0.15, -0.1) is 0 Å². The Morgan fingerprint density at radius 2 is 1.60 bits per heavy atom. The van der Waals surface area contributed by atoms with Crippen molar-refractivity contribution in [2.75, 3.05) is 13.1 Å². The van der Waals surface area contributed by atoms with Crippen LogP contribution in [-0.4, -0.2) is 31.1 Å². The molecule has 0 bridgehead atoms. The Labute approximate surface area is 120 Å². The van der Waals surface area contributed by atoms with E-state index in [1.165, 1.54) is 0 Å². The van der Waals surface area contributed by atoms with Crippen LogP contribution in [0.5, 0.6) is 0 Å². The Hall–Kier alpha value is -2.04. The first-order valence-electron chi connectivity index (χ1n) is 6.88. The summed E-state index contributed by atoms with van der Waals surface area (Å²) in [7, 11) is 0. The van der Waals surface area contributed by atoms with E-state index in [0.717, 1.165) is 0 Å². The number of urea groups is 1. The van der Waals surface area contributed by atoms with Gasteiger partial charge in [0, 0.05) is 24.7 Å². The van der Waals surface area contributed by atoms with Gasteiger partial charge in [-0.1, -0.05) is 32.0 Å². The third-order valence-corrected chi connectivity index (χ3v) is 3.09. The molecule has 0 aliphatic carbocycles. The molecule has 0 spiro atoms. The summed E-state index contributed by atoms with van der Waals surface area (Å²) in [5, 5.41) is 8.30. The van der Waals surface area contributed by atoms with Crippen LogP contribution in [0.3, 0.4) is 0 Å². The molecule has 5 nitrogen and oxygen atoms in total. The number of nitrogens with one attached hydrogen (secondary N) is 3. The Morgan fingerprint density at radius 1 is 1.00 bits per heavy atom. The second-order valence-corrected chi connectivity index (χ2v) is 5.05. The largest absolute Gasteiger partial charge is 0.350 e. The van der Waals surface area contributed by atoms with Crippen LogP contribution in [-0.2, 0) is 0 Å². The van der Waals surface area contributed by atoms with Crippen LogP contribution in [0.2, 0.25) is 0 Å². The SMILES string of the molecule is CC(C)C(C)NC(=O)NCCNC(=O)c1ccccc1. The first-order chi connectivity index (χ1) is 9.50. The molecule has 0 aliphatic rings. The predicted octanol–water partition coefficient (Wildman–Crippen LogP) is 1.76. The van der Waals surface area contributed by atoms with Crippen molar-refractivity contribution < 1.29 is 9.59 Å². The number of hydrogen-bond donors (Lipinski definition) is 3. The van der Waals surface area contributed by atoms with Crippen molar-refractivity contribution in [3.8, 4) is 0 Å². The number of benzene rings is 1. The van der Waals surface area contributed by atoms with Crippen molar-refractivity contribution in [1.29, 1.82) is 0 Å². The van der Waals surface area contributed by atoms with Gasteiger partial charge in [0.1, 0.15) is 0 Å². The Bertz CT molecular complexity index is 432. The molecule has 1 unspecified atom stereocenters. The first kappa shape index (κ1) is 16.0. The molecule has 5 heteroatoms. The lowest BCUT2D eigenvalue weighted by atomic mass is 10.1. The van der Waals surface area contributed by atoms with Gasteiger partial charge in [0.05, 0.1) is 0 Å². The first-order valence-corrected chi connectivity index (χ1v) is 6.88. The Morgan fingerprint density at radius 3 is 2.20 bits per heavy atom. The molecule has 0 aliphatic heterocycles. The van der Waals surface area contributed by atoms with Crippen molar-refractivity contribution in [2.24, 2.45) is 5.92 Å². The molecule has 110 valence electrons. The summed E-state index contributed by atoms with van der Waals surface area (Å²) in [4.78, 5) is 23.3. The van der Waals surface area contributed by atoms with Gasteiger partial charge in [-0.3, -0.25) is 4.79 Å². The van der Waals surface area contributed by atoms with Crippen LogP contribution >= 0.6 is 0 Å². The van der Waals surface area contributed by atoms with Gasteiger partial charge in [0.2, 0.25) is 0 Å². The maximum atomic E-state index is 11.7. The fourth-order valence-corrected chi connectivity index (χ4v) is 1.47. The van der Waals surface area contributed by atoms with E-state index in [1.807, 2.05) is 39.0 Å². The summed E-state index contributed by atoms with van der Waals surface area (Å²) < 4.78 is 0. The van der Waals surface area contributed by atoms with Crippen LogP contribution in [0.4, 0.5) is 4.79 Å². The minimum atomic E-state index is -0.208. The Balaban J connectivity index is 2.19. The van der Waals surface area contributed by atoms with Gasteiger partial charge in [0.25, 0.3) is 5.91 Å². The maximum absolute atomic E-state index is 11.7. The highest BCUT2D eigenvalue weighted by Crippen LogP contribution is 1.99. The topological polar surface area (TPSA) is 70.2 Å². The van der Waals surface area contributed by atoms with E-state index in [-0.39, 0.29) is 18.0 Å². The summed E-state index contributed by atoms with van der Waals surface area (Å²) >= 11 is 0. The second kappa shape index (κ2) is 8.19. The third-order valence-electron chi connectivity index (χ3n) is 3.09. The molecule has 0 aromatic heterocycles. The fourth-order valence-electron chi connectivity index (χ4n) is 1.47. The van der Waals surface area contributed by atoms with E-state index in [9.17, 15) is 9.59 Å². The second-order valence-electron chi connectivity index (χ2n) is 5.05. The minimum absolute atomic E-state index is 0.119. The predicted molar refractivity (Wildman–Crippen MR) is 79.6 cm³/mol. The van der Waals surface area contributed by atoms with Crippen molar-refractivity contribution in [2.45, 2.75) is 26.8 Å². The van der Waals surface area contributed by atoms with E-state index in [2.05, 4.69) is 16.0 Å². The molecule has 1 rings (SSSR count). The molecule has 1 aromatic rings. The molecular weight excluding hydrogens is 254 g/mol. The highest BCUT2D eigenvalue weighted by Gasteiger charge is 2.10. The molecule has 1 atom stereocenters.